The van der Waals surface area contributed by atoms with Gasteiger partial charge in [-0.1, -0.05) is 48.5 Å². The molecule has 3 aromatic carbocycles. The molecule has 2 atom stereocenters. The summed E-state index contributed by atoms with van der Waals surface area (Å²) in [6.07, 6.45) is 0. The average molecular weight is 425 g/mol. The van der Waals surface area contributed by atoms with Gasteiger partial charge in [0, 0.05) is 5.92 Å². The Labute approximate surface area is 186 Å². The van der Waals surface area contributed by atoms with Crippen LogP contribution in [0.4, 0.5) is 5.69 Å². The number of amides is 2. The van der Waals surface area contributed by atoms with Gasteiger partial charge < -0.3 is 9.84 Å². The van der Waals surface area contributed by atoms with Crippen LogP contribution in [0.25, 0.3) is 0 Å². The van der Waals surface area contributed by atoms with Crippen molar-refractivity contribution < 1.29 is 19.4 Å². The van der Waals surface area contributed by atoms with Gasteiger partial charge >= 0.3 is 0 Å². The van der Waals surface area contributed by atoms with E-state index in [4.69, 9.17) is 4.74 Å². The highest BCUT2D eigenvalue weighted by atomic mass is 16.5. The van der Waals surface area contributed by atoms with Gasteiger partial charge in [-0.15, -0.1) is 0 Å². The Morgan fingerprint density at radius 2 is 1.47 bits per heavy atom. The minimum absolute atomic E-state index is 0.198. The van der Waals surface area contributed by atoms with E-state index < -0.39 is 17.3 Å². The maximum absolute atomic E-state index is 13.9. The lowest BCUT2D eigenvalue weighted by Gasteiger charge is -2.53. The van der Waals surface area contributed by atoms with E-state index in [1.165, 1.54) is 4.90 Å². The molecule has 5 heteroatoms. The normalized spacial score (nSPS) is 27.2. The molecule has 4 aliphatic rings. The van der Waals surface area contributed by atoms with Crippen molar-refractivity contribution in [3.63, 3.8) is 0 Å². The second-order valence-electron chi connectivity index (χ2n) is 8.72. The van der Waals surface area contributed by atoms with Gasteiger partial charge in [-0.2, -0.15) is 0 Å². The average Bonchev–Trinajstić information content (AvgIpc) is 3.11. The zero-order chi connectivity index (χ0) is 22.0. The van der Waals surface area contributed by atoms with E-state index in [1.807, 2.05) is 55.5 Å². The first kappa shape index (κ1) is 19.3. The molecule has 0 aromatic heterocycles. The predicted molar refractivity (Wildman–Crippen MR) is 120 cm³/mol. The largest absolute Gasteiger partial charge is 0.494 e. The summed E-state index contributed by atoms with van der Waals surface area (Å²) in [4.78, 5) is 29.0. The summed E-state index contributed by atoms with van der Waals surface area (Å²) < 4.78 is 5.51. The van der Waals surface area contributed by atoms with Crippen LogP contribution in [0.1, 0.15) is 35.1 Å². The summed E-state index contributed by atoms with van der Waals surface area (Å²) in [6.45, 7) is 2.22. The Morgan fingerprint density at radius 1 is 0.875 bits per heavy atom. The Balaban J connectivity index is 1.55. The van der Waals surface area contributed by atoms with Gasteiger partial charge in [0.2, 0.25) is 11.8 Å². The van der Waals surface area contributed by atoms with Crippen molar-refractivity contribution >= 4 is 17.5 Å². The minimum atomic E-state index is -0.931. The van der Waals surface area contributed by atoms with E-state index in [0.29, 0.717) is 18.0 Å². The monoisotopic (exact) mass is 425 g/mol. The molecule has 0 radical (unpaired) electrons. The Bertz CT molecular complexity index is 1200. The summed E-state index contributed by atoms with van der Waals surface area (Å²) in [5.74, 6) is -1.12. The third-order valence-corrected chi connectivity index (χ3v) is 7.45. The summed E-state index contributed by atoms with van der Waals surface area (Å²) in [5.41, 5.74) is 3.61. The molecule has 1 saturated heterocycles. The highest BCUT2D eigenvalue weighted by Gasteiger charge is 2.68. The second kappa shape index (κ2) is 6.78. The number of hydrogen-bond acceptors (Lipinski definition) is 4. The van der Waals surface area contributed by atoms with Crippen LogP contribution in [-0.2, 0) is 15.0 Å². The van der Waals surface area contributed by atoms with Crippen molar-refractivity contribution in [2.24, 2.45) is 11.8 Å². The number of ether oxygens (including phenoxy) is 1. The van der Waals surface area contributed by atoms with Crippen LogP contribution in [0, 0.1) is 11.8 Å². The number of carbonyl (C=O) groups is 2. The van der Waals surface area contributed by atoms with Gasteiger partial charge in [0.05, 0.1) is 36.2 Å². The van der Waals surface area contributed by atoms with E-state index in [1.54, 1.807) is 24.3 Å². The number of imide groups is 1. The van der Waals surface area contributed by atoms with Crippen molar-refractivity contribution in [3.8, 4) is 5.75 Å². The van der Waals surface area contributed by atoms with E-state index in [-0.39, 0.29) is 24.3 Å². The highest BCUT2D eigenvalue weighted by molar-refractivity contribution is 6.23. The molecule has 32 heavy (non-hydrogen) atoms. The SMILES string of the molecule is CCOc1ccc(N2C(=O)[C@@H]3C4c5ccccc5C(CO)(c5ccccc54)[C@H]3C2=O)cc1. The standard InChI is InChI=1S/C27H23NO4/c1-2-32-17-13-11-16(12-14-17)28-25(30)23-22-18-7-3-5-9-20(18)27(15-29,24(23)26(28)31)21-10-6-4-8-19(21)22/h3-14,22-24,29H,2,15H2,1H3/t22?,23-,24-,27?/m1/s1. The maximum atomic E-state index is 13.9. The smallest absolute Gasteiger partial charge is 0.239 e. The van der Waals surface area contributed by atoms with Crippen molar-refractivity contribution in [2.75, 3.05) is 18.1 Å². The van der Waals surface area contributed by atoms with Crippen molar-refractivity contribution in [2.45, 2.75) is 18.3 Å². The van der Waals surface area contributed by atoms with Crippen LogP contribution >= 0.6 is 0 Å². The summed E-state index contributed by atoms with van der Waals surface area (Å²) in [6, 6.07) is 23.0. The van der Waals surface area contributed by atoms with Crippen LogP contribution in [0.3, 0.4) is 0 Å². The number of aliphatic hydroxyl groups excluding tert-OH is 1. The molecule has 160 valence electrons. The van der Waals surface area contributed by atoms with Crippen molar-refractivity contribution in [3.05, 3.63) is 95.1 Å². The molecule has 2 bridgehead atoms. The summed E-state index contributed by atoms with van der Waals surface area (Å²) in [5, 5.41) is 10.9. The zero-order valence-corrected chi connectivity index (χ0v) is 17.7. The molecule has 0 unspecified atom stereocenters. The lowest BCUT2D eigenvalue weighted by Crippen LogP contribution is -2.55. The molecule has 1 N–H and O–H groups in total. The quantitative estimate of drug-likeness (QED) is 0.649. The molecule has 1 fully saturated rings. The van der Waals surface area contributed by atoms with Gasteiger partial charge in [0.15, 0.2) is 0 Å². The molecule has 1 aliphatic heterocycles. The summed E-state index contributed by atoms with van der Waals surface area (Å²) in [7, 11) is 0. The molecule has 1 heterocycles. The van der Waals surface area contributed by atoms with Crippen LogP contribution in [0.5, 0.6) is 5.75 Å². The van der Waals surface area contributed by atoms with E-state index in [0.717, 1.165) is 22.3 Å². The van der Waals surface area contributed by atoms with Crippen LogP contribution in [0.15, 0.2) is 72.8 Å². The van der Waals surface area contributed by atoms with Crippen LogP contribution < -0.4 is 9.64 Å². The first-order valence-corrected chi connectivity index (χ1v) is 11.0. The molecule has 7 rings (SSSR count). The highest BCUT2D eigenvalue weighted by Crippen LogP contribution is 2.64. The van der Waals surface area contributed by atoms with Crippen molar-refractivity contribution in [1.82, 2.24) is 0 Å². The molecule has 3 aromatic rings. The number of benzene rings is 3. The molecule has 0 saturated carbocycles. The van der Waals surface area contributed by atoms with Gasteiger partial charge in [-0.3, -0.25) is 9.59 Å². The number of hydrogen-bond donors (Lipinski definition) is 1. The molecule has 0 spiro atoms. The third-order valence-electron chi connectivity index (χ3n) is 7.45. The Hall–Kier alpha value is -3.44. The van der Waals surface area contributed by atoms with Crippen molar-refractivity contribution in [1.29, 1.82) is 0 Å². The fourth-order valence-corrected chi connectivity index (χ4v) is 6.31. The second-order valence-corrected chi connectivity index (χ2v) is 8.72. The molecular weight excluding hydrogens is 402 g/mol. The fourth-order valence-electron chi connectivity index (χ4n) is 6.31. The predicted octanol–water partition coefficient (Wildman–Crippen LogP) is 3.63. The van der Waals surface area contributed by atoms with Crippen LogP contribution in [-0.4, -0.2) is 30.1 Å². The molecule has 3 aliphatic carbocycles. The van der Waals surface area contributed by atoms with Gasteiger partial charge in [0.1, 0.15) is 5.75 Å². The molecule has 5 nitrogen and oxygen atoms in total. The Morgan fingerprint density at radius 3 is 2.03 bits per heavy atom. The number of carbonyl (C=O) groups excluding carboxylic acids is 2. The van der Waals surface area contributed by atoms with E-state index in [9.17, 15) is 14.7 Å². The van der Waals surface area contributed by atoms with Crippen LogP contribution in [0.2, 0.25) is 0 Å². The van der Waals surface area contributed by atoms with Gasteiger partial charge in [0.25, 0.3) is 0 Å². The lowest BCUT2D eigenvalue weighted by atomic mass is 9.47. The topological polar surface area (TPSA) is 66.8 Å². The number of nitrogens with zero attached hydrogens (tertiary/aromatic N) is 1. The minimum Gasteiger partial charge on any atom is -0.494 e. The van der Waals surface area contributed by atoms with Gasteiger partial charge in [-0.25, -0.2) is 4.90 Å². The molecule has 2 amide bonds. The number of anilines is 1. The van der Waals surface area contributed by atoms with E-state index >= 15 is 0 Å². The van der Waals surface area contributed by atoms with Gasteiger partial charge in [-0.05, 0) is 53.4 Å². The number of rotatable bonds is 4. The first-order valence-electron chi connectivity index (χ1n) is 11.0. The lowest BCUT2D eigenvalue weighted by molar-refractivity contribution is -0.124. The third kappa shape index (κ3) is 2.21. The Kier molecular flexibility index (Phi) is 4.08. The first-order chi connectivity index (χ1) is 15.6. The number of aliphatic hydroxyl groups is 1. The van der Waals surface area contributed by atoms with E-state index in [2.05, 4.69) is 0 Å². The summed E-state index contributed by atoms with van der Waals surface area (Å²) >= 11 is 0. The fraction of sp³-hybridized carbons (Fsp3) is 0.259. The molecular formula is C27H23NO4. The zero-order valence-electron chi connectivity index (χ0n) is 17.7. The maximum Gasteiger partial charge on any atom is 0.239 e.